The minimum atomic E-state index is 0.468. The van der Waals surface area contributed by atoms with E-state index in [-0.39, 0.29) is 0 Å². The molecule has 16 heavy (non-hydrogen) atoms. The van der Waals surface area contributed by atoms with E-state index in [1.807, 2.05) is 18.2 Å². The fourth-order valence-corrected chi connectivity index (χ4v) is 1.78. The Morgan fingerprint density at radius 1 is 1.50 bits per heavy atom. The largest absolute Gasteiger partial charge is 0.492 e. The van der Waals surface area contributed by atoms with Crippen molar-refractivity contribution in [1.29, 1.82) is 0 Å². The minimum Gasteiger partial charge on any atom is -0.492 e. The van der Waals surface area contributed by atoms with Gasteiger partial charge in [-0.3, -0.25) is 0 Å². The van der Waals surface area contributed by atoms with Crippen LogP contribution in [0.1, 0.15) is 13.8 Å². The highest BCUT2D eigenvalue weighted by Gasteiger charge is 2.06. The molecule has 0 fully saturated rings. The molecule has 0 saturated carbocycles. The normalized spacial score (nSPS) is 12.5. The van der Waals surface area contributed by atoms with E-state index in [4.69, 9.17) is 16.3 Å². The Kier molecular flexibility index (Phi) is 6.17. The smallest absolute Gasteiger partial charge is 0.139 e. The first-order valence-electron chi connectivity index (χ1n) is 5.42. The van der Waals surface area contributed by atoms with Gasteiger partial charge in [-0.25, -0.2) is 0 Å². The van der Waals surface area contributed by atoms with Crippen molar-refractivity contribution in [2.75, 3.05) is 19.7 Å². The van der Waals surface area contributed by atoms with Crippen LogP contribution in [0, 0.1) is 5.92 Å². The Hall–Kier alpha value is -0.250. The summed E-state index contributed by atoms with van der Waals surface area (Å²) in [7, 11) is 0. The van der Waals surface area contributed by atoms with Gasteiger partial charge in [0.15, 0.2) is 0 Å². The van der Waals surface area contributed by atoms with E-state index in [0.29, 0.717) is 17.5 Å². The molecular formula is C12H17BrClNO. The molecule has 0 radical (unpaired) electrons. The summed E-state index contributed by atoms with van der Waals surface area (Å²) in [6.07, 6.45) is 0. The maximum Gasteiger partial charge on any atom is 0.139 e. The highest BCUT2D eigenvalue weighted by molar-refractivity contribution is 9.10. The van der Waals surface area contributed by atoms with Gasteiger partial charge >= 0.3 is 0 Å². The Bertz CT molecular complexity index is 333. The van der Waals surface area contributed by atoms with E-state index in [0.717, 1.165) is 23.3 Å². The van der Waals surface area contributed by atoms with Crippen LogP contribution in [-0.4, -0.2) is 19.7 Å². The van der Waals surface area contributed by atoms with E-state index in [2.05, 4.69) is 35.1 Å². The predicted molar refractivity (Wildman–Crippen MR) is 72.4 cm³/mol. The van der Waals surface area contributed by atoms with Crippen LogP contribution < -0.4 is 10.1 Å². The van der Waals surface area contributed by atoms with Gasteiger partial charge in [-0.15, -0.1) is 0 Å². The lowest BCUT2D eigenvalue weighted by molar-refractivity contribution is 0.256. The van der Waals surface area contributed by atoms with Gasteiger partial charge in [-0.2, -0.15) is 0 Å². The summed E-state index contributed by atoms with van der Waals surface area (Å²) in [5, 5.41) is 3.94. The molecule has 0 aliphatic heterocycles. The average molecular weight is 307 g/mol. The lowest BCUT2D eigenvalue weighted by Gasteiger charge is -2.14. The Morgan fingerprint density at radius 2 is 2.25 bits per heavy atom. The molecule has 0 bridgehead atoms. The molecule has 90 valence electrons. The number of ether oxygens (including phenoxy) is 1. The lowest BCUT2D eigenvalue weighted by atomic mass is 10.2. The summed E-state index contributed by atoms with van der Waals surface area (Å²) in [6.45, 7) is 6.86. The first kappa shape index (κ1) is 13.8. The zero-order valence-electron chi connectivity index (χ0n) is 9.59. The van der Waals surface area contributed by atoms with Crippen molar-refractivity contribution in [3.05, 3.63) is 27.7 Å². The van der Waals surface area contributed by atoms with Crippen LogP contribution in [0.3, 0.4) is 0 Å². The second-order valence-electron chi connectivity index (χ2n) is 3.80. The average Bonchev–Trinajstić information content (AvgIpc) is 2.27. The van der Waals surface area contributed by atoms with E-state index in [1.165, 1.54) is 0 Å². The van der Waals surface area contributed by atoms with Gasteiger partial charge in [0.2, 0.25) is 0 Å². The van der Waals surface area contributed by atoms with E-state index in [9.17, 15) is 0 Å². The SMILES string of the molecule is CCNCC(C)COc1cc(Br)ccc1Cl. The molecule has 0 saturated heterocycles. The molecular weight excluding hydrogens is 289 g/mol. The summed E-state index contributed by atoms with van der Waals surface area (Å²) in [6, 6.07) is 5.62. The van der Waals surface area contributed by atoms with Crippen molar-refractivity contribution >= 4 is 27.5 Å². The monoisotopic (exact) mass is 305 g/mol. The van der Waals surface area contributed by atoms with Gasteiger partial charge in [0.25, 0.3) is 0 Å². The second-order valence-corrected chi connectivity index (χ2v) is 5.12. The quantitative estimate of drug-likeness (QED) is 0.865. The zero-order valence-corrected chi connectivity index (χ0v) is 11.9. The summed E-state index contributed by atoms with van der Waals surface area (Å²) < 4.78 is 6.65. The highest BCUT2D eigenvalue weighted by Crippen LogP contribution is 2.28. The Morgan fingerprint density at radius 3 is 2.94 bits per heavy atom. The van der Waals surface area contributed by atoms with Crippen LogP contribution in [0.15, 0.2) is 22.7 Å². The topological polar surface area (TPSA) is 21.3 Å². The summed E-state index contributed by atoms with van der Waals surface area (Å²) >= 11 is 9.42. The fraction of sp³-hybridized carbons (Fsp3) is 0.500. The Labute approximate surface area is 110 Å². The summed E-state index contributed by atoms with van der Waals surface area (Å²) in [4.78, 5) is 0. The van der Waals surface area contributed by atoms with Gasteiger partial charge in [0, 0.05) is 16.9 Å². The number of hydrogen-bond donors (Lipinski definition) is 1. The number of rotatable bonds is 6. The van der Waals surface area contributed by atoms with Crippen LogP contribution in [0.5, 0.6) is 5.75 Å². The third kappa shape index (κ3) is 4.73. The molecule has 1 atom stereocenters. The van der Waals surface area contributed by atoms with Crippen LogP contribution in [0.25, 0.3) is 0 Å². The van der Waals surface area contributed by atoms with Gasteiger partial charge in [-0.05, 0) is 24.7 Å². The standard InChI is InChI=1S/C12H17BrClNO/c1-3-15-7-9(2)8-16-12-6-10(13)4-5-11(12)14/h4-6,9,15H,3,7-8H2,1-2H3. The number of hydrogen-bond acceptors (Lipinski definition) is 2. The van der Waals surface area contributed by atoms with Crippen molar-refractivity contribution in [1.82, 2.24) is 5.32 Å². The molecule has 4 heteroatoms. The van der Waals surface area contributed by atoms with Crippen molar-refractivity contribution in [2.24, 2.45) is 5.92 Å². The van der Waals surface area contributed by atoms with Gasteiger partial charge < -0.3 is 10.1 Å². The van der Waals surface area contributed by atoms with Crippen LogP contribution in [0.4, 0.5) is 0 Å². The van der Waals surface area contributed by atoms with Crippen LogP contribution in [-0.2, 0) is 0 Å². The van der Waals surface area contributed by atoms with E-state index in [1.54, 1.807) is 0 Å². The van der Waals surface area contributed by atoms with E-state index < -0.39 is 0 Å². The highest BCUT2D eigenvalue weighted by atomic mass is 79.9. The molecule has 0 aliphatic carbocycles. The van der Waals surface area contributed by atoms with Crippen LogP contribution >= 0.6 is 27.5 Å². The van der Waals surface area contributed by atoms with Gasteiger partial charge in [0.1, 0.15) is 5.75 Å². The van der Waals surface area contributed by atoms with Crippen molar-refractivity contribution in [2.45, 2.75) is 13.8 Å². The van der Waals surface area contributed by atoms with Gasteiger partial charge in [0.05, 0.1) is 11.6 Å². The van der Waals surface area contributed by atoms with Crippen molar-refractivity contribution in [3.63, 3.8) is 0 Å². The number of nitrogens with one attached hydrogen (secondary N) is 1. The second kappa shape index (κ2) is 7.15. The third-order valence-corrected chi connectivity index (χ3v) is 2.96. The molecule has 1 rings (SSSR count). The Balaban J connectivity index is 2.44. The lowest BCUT2D eigenvalue weighted by Crippen LogP contribution is -2.24. The maximum absolute atomic E-state index is 6.02. The van der Waals surface area contributed by atoms with E-state index >= 15 is 0 Å². The molecule has 1 aromatic carbocycles. The molecule has 1 aromatic rings. The number of halogens is 2. The molecule has 0 heterocycles. The van der Waals surface area contributed by atoms with Crippen molar-refractivity contribution < 1.29 is 4.74 Å². The molecule has 0 aliphatic rings. The molecule has 1 unspecified atom stereocenters. The number of benzene rings is 1. The molecule has 1 N–H and O–H groups in total. The van der Waals surface area contributed by atoms with Gasteiger partial charge in [-0.1, -0.05) is 41.4 Å². The first-order valence-corrected chi connectivity index (χ1v) is 6.59. The minimum absolute atomic E-state index is 0.468. The molecule has 0 spiro atoms. The van der Waals surface area contributed by atoms with Crippen LogP contribution in [0.2, 0.25) is 5.02 Å². The molecule has 0 amide bonds. The first-order chi connectivity index (χ1) is 7.63. The predicted octanol–water partition coefficient (Wildman–Crippen LogP) is 3.73. The molecule has 2 nitrogen and oxygen atoms in total. The maximum atomic E-state index is 6.02. The summed E-state index contributed by atoms with van der Waals surface area (Å²) in [5.74, 6) is 1.20. The fourth-order valence-electron chi connectivity index (χ4n) is 1.27. The molecule has 0 aromatic heterocycles. The zero-order chi connectivity index (χ0) is 12.0. The summed E-state index contributed by atoms with van der Waals surface area (Å²) in [5.41, 5.74) is 0. The van der Waals surface area contributed by atoms with Crippen molar-refractivity contribution in [3.8, 4) is 5.75 Å². The third-order valence-electron chi connectivity index (χ3n) is 2.16.